The number of ether oxygens (including phenoxy) is 1. The number of hydrogen-bond acceptors (Lipinski definition) is 3. The van der Waals surface area contributed by atoms with Crippen molar-refractivity contribution >= 4 is 11.8 Å². The second kappa shape index (κ2) is 9.08. The minimum Gasteiger partial charge on any atom is -0.354 e. The highest BCUT2D eigenvalue weighted by atomic mass is 16.5. The number of rotatable bonds is 7. The summed E-state index contributed by atoms with van der Waals surface area (Å²) in [4.78, 5) is 29.4. The summed E-state index contributed by atoms with van der Waals surface area (Å²) in [6.07, 6.45) is 1.15. The third-order valence-electron chi connectivity index (χ3n) is 5.92. The largest absolute Gasteiger partial charge is 0.354 e. The molecule has 156 valence electrons. The minimum absolute atomic E-state index is 0.00354. The van der Waals surface area contributed by atoms with E-state index in [0.29, 0.717) is 13.0 Å². The van der Waals surface area contributed by atoms with Crippen molar-refractivity contribution in [1.82, 2.24) is 9.80 Å². The number of carbonyl (C=O) groups excluding carboxylic acids is 2. The van der Waals surface area contributed by atoms with E-state index in [2.05, 4.69) is 26.0 Å². The van der Waals surface area contributed by atoms with E-state index in [1.807, 2.05) is 43.9 Å². The predicted octanol–water partition coefficient (Wildman–Crippen LogP) is 3.58. The second-order valence-electron chi connectivity index (χ2n) is 9.00. The summed E-state index contributed by atoms with van der Waals surface area (Å²) >= 11 is 0. The summed E-state index contributed by atoms with van der Waals surface area (Å²) < 4.78 is 6.00. The van der Waals surface area contributed by atoms with Gasteiger partial charge in [0, 0.05) is 26.4 Å². The highest BCUT2D eigenvalue weighted by Gasteiger charge is 2.46. The van der Waals surface area contributed by atoms with Crippen molar-refractivity contribution in [2.24, 2.45) is 17.8 Å². The van der Waals surface area contributed by atoms with E-state index in [1.165, 1.54) is 5.56 Å². The Labute approximate surface area is 170 Å². The van der Waals surface area contributed by atoms with Crippen LogP contribution in [0.4, 0.5) is 0 Å². The molecule has 2 rings (SSSR count). The molecule has 0 bridgehead atoms. The van der Waals surface area contributed by atoms with Crippen LogP contribution in [0.1, 0.15) is 46.6 Å². The predicted molar refractivity (Wildman–Crippen MR) is 112 cm³/mol. The Morgan fingerprint density at radius 1 is 1.18 bits per heavy atom. The SMILES string of the molecule is CC(C)[C@H](CC(=O)N(C)C)[C@@H](C)C(=O)N1[C@@H](Cc2ccccc2)COC1(C)C. The van der Waals surface area contributed by atoms with Crippen molar-refractivity contribution in [3.8, 4) is 0 Å². The maximum Gasteiger partial charge on any atom is 0.228 e. The molecule has 1 aromatic rings. The van der Waals surface area contributed by atoms with Crippen molar-refractivity contribution in [3.05, 3.63) is 35.9 Å². The van der Waals surface area contributed by atoms with Crippen LogP contribution in [0.3, 0.4) is 0 Å². The molecule has 1 fully saturated rings. The van der Waals surface area contributed by atoms with Gasteiger partial charge in [-0.3, -0.25) is 9.59 Å². The first-order valence-electron chi connectivity index (χ1n) is 10.3. The molecule has 0 aliphatic carbocycles. The van der Waals surface area contributed by atoms with Crippen LogP contribution in [0.5, 0.6) is 0 Å². The molecular weight excluding hydrogens is 352 g/mol. The van der Waals surface area contributed by atoms with Gasteiger partial charge in [0.1, 0.15) is 5.72 Å². The van der Waals surface area contributed by atoms with E-state index in [4.69, 9.17) is 4.74 Å². The number of amides is 2. The van der Waals surface area contributed by atoms with Crippen LogP contribution in [-0.2, 0) is 20.7 Å². The molecular formula is C23H36N2O3. The third kappa shape index (κ3) is 5.13. The normalized spacial score (nSPS) is 20.9. The monoisotopic (exact) mass is 388 g/mol. The van der Waals surface area contributed by atoms with Crippen molar-refractivity contribution in [1.29, 1.82) is 0 Å². The summed E-state index contributed by atoms with van der Waals surface area (Å²) in [5.41, 5.74) is 0.556. The summed E-state index contributed by atoms with van der Waals surface area (Å²) in [5.74, 6) is 0.131. The van der Waals surface area contributed by atoms with Gasteiger partial charge < -0.3 is 14.5 Å². The molecule has 28 heavy (non-hydrogen) atoms. The van der Waals surface area contributed by atoms with E-state index in [1.54, 1.807) is 19.0 Å². The Kier molecular flexibility index (Phi) is 7.27. The number of benzene rings is 1. The lowest BCUT2D eigenvalue weighted by Crippen LogP contribution is -2.52. The lowest BCUT2D eigenvalue weighted by atomic mass is 9.80. The Morgan fingerprint density at radius 3 is 2.32 bits per heavy atom. The van der Waals surface area contributed by atoms with Crippen molar-refractivity contribution in [3.63, 3.8) is 0 Å². The average Bonchev–Trinajstić information content (AvgIpc) is 2.92. The van der Waals surface area contributed by atoms with Gasteiger partial charge in [-0.2, -0.15) is 0 Å². The van der Waals surface area contributed by atoms with Gasteiger partial charge in [0.25, 0.3) is 0 Å². The highest BCUT2D eigenvalue weighted by molar-refractivity contribution is 5.82. The van der Waals surface area contributed by atoms with Crippen molar-refractivity contribution in [2.75, 3.05) is 20.7 Å². The van der Waals surface area contributed by atoms with Gasteiger partial charge in [0.2, 0.25) is 11.8 Å². The van der Waals surface area contributed by atoms with E-state index < -0.39 is 5.72 Å². The van der Waals surface area contributed by atoms with Gasteiger partial charge in [-0.15, -0.1) is 0 Å². The third-order valence-corrected chi connectivity index (χ3v) is 5.92. The topological polar surface area (TPSA) is 49.9 Å². The smallest absolute Gasteiger partial charge is 0.228 e. The Balaban J connectivity index is 2.22. The fourth-order valence-corrected chi connectivity index (χ4v) is 4.14. The van der Waals surface area contributed by atoms with E-state index >= 15 is 0 Å². The minimum atomic E-state index is -0.641. The summed E-state index contributed by atoms with van der Waals surface area (Å²) in [5, 5.41) is 0. The first-order chi connectivity index (χ1) is 13.0. The molecule has 0 spiro atoms. The highest BCUT2D eigenvalue weighted by Crippen LogP contribution is 2.34. The lowest BCUT2D eigenvalue weighted by molar-refractivity contribution is -0.153. The Hall–Kier alpha value is -1.88. The molecule has 1 saturated heterocycles. The lowest BCUT2D eigenvalue weighted by Gasteiger charge is -2.38. The molecule has 0 unspecified atom stereocenters. The Morgan fingerprint density at radius 2 is 1.79 bits per heavy atom. The Bertz CT molecular complexity index is 670. The first kappa shape index (κ1) is 22.4. The molecule has 1 aliphatic heterocycles. The zero-order chi connectivity index (χ0) is 21.1. The van der Waals surface area contributed by atoms with Gasteiger partial charge in [-0.1, -0.05) is 51.1 Å². The molecule has 0 N–H and O–H groups in total. The molecule has 0 saturated carbocycles. The molecule has 3 atom stereocenters. The second-order valence-corrected chi connectivity index (χ2v) is 9.00. The standard InChI is InChI=1S/C23H36N2O3/c1-16(2)20(14-21(26)24(6)7)17(3)22(27)25-19(15-28-23(25,4)5)13-18-11-9-8-10-12-18/h8-12,16-17,19-20H,13-15H2,1-7H3/t17-,19+,20+/m1/s1. The molecule has 1 aromatic carbocycles. The fourth-order valence-electron chi connectivity index (χ4n) is 4.14. The number of carbonyl (C=O) groups is 2. The van der Waals surface area contributed by atoms with Gasteiger partial charge in [0.15, 0.2) is 0 Å². The van der Waals surface area contributed by atoms with Gasteiger partial charge in [-0.05, 0) is 37.7 Å². The molecule has 5 nitrogen and oxygen atoms in total. The van der Waals surface area contributed by atoms with Gasteiger partial charge in [0.05, 0.1) is 12.6 Å². The molecule has 5 heteroatoms. The fraction of sp³-hybridized carbons (Fsp3) is 0.652. The van der Waals surface area contributed by atoms with E-state index in [-0.39, 0.29) is 35.6 Å². The van der Waals surface area contributed by atoms with Crippen LogP contribution in [0.25, 0.3) is 0 Å². The van der Waals surface area contributed by atoms with E-state index in [9.17, 15) is 9.59 Å². The first-order valence-corrected chi connectivity index (χ1v) is 10.3. The van der Waals surface area contributed by atoms with Crippen LogP contribution in [0, 0.1) is 17.8 Å². The molecule has 1 aliphatic rings. The van der Waals surface area contributed by atoms with Gasteiger partial charge >= 0.3 is 0 Å². The molecule has 0 radical (unpaired) electrons. The van der Waals surface area contributed by atoms with Crippen LogP contribution < -0.4 is 0 Å². The number of nitrogens with zero attached hydrogens (tertiary/aromatic N) is 2. The molecule has 2 amide bonds. The van der Waals surface area contributed by atoms with Crippen LogP contribution in [0.2, 0.25) is 0 Å². The van der Waals surface area contributed by atoms with E-state index in [0.717, 1.165) is 6.42 Å². The maximum absolute atomic E-state index is 13.6. The van der Waals surface area contributed by atoms with Crippen LogP contribution >= 0.6 is 0 Å². The summed E-state index contributed by atoms with van der Waals surface area (Å²) in [6, 6.07) is 10.2. The molecule has 1 heterocycles. The van der Waals surface area contributed by atoms with Crippen molar-refractivity contribution in [2.45, 2.75) is 59.2 Å². The van der Waals surface area contributed by atoms with Crippen LogP contribution in [-0.4, -0.2) is 54.1 Å². The van der Waals surface area contributed by atoms with Gasteiger partial charge in [-0.25, -0.2) is 0 Å². The zero-order valence-corrected chi connectivity index (χ0v) is 18.4. The van der Waals surface area contributed by atoms with Crippen LogP contribution in [0.15, 0.2) is 30.3 Å². The summed E-state index contributed by atoms with van der Waals surface area (Å²) in [6.45, 7) is 10.6. The quantitative estimate of drug-likeness (QED) is 0.717. The summed E-state index contributed by atoms with van der Waals surface area (Å²) in [7, 11) is 3.53. The maximum atomic E-state index is 13.6. The van der Waals surface area contributed by atoms with Crippen molar-refractivity contribution < 1.29 is 14.3 Å². The number of hydrogen-bond donors (Lipinski definition) is 0. The zero-order valence-electron chi connectivity index (χ0n) is 18.4. The molecule has 0 aromatic heterocycles. The average molecular weight is 389 g/mol.